The van der Waals surface area contributed by atoms with Crippen molar-refractivity contribution in [2.45, 2.75) is 32.1 Å². The average molecular weight is 309 g/mol. The molecular formula is C15H23N3O4. The van der Waals surface area contributed by atoms with Gasteiger partial charge in [-0.25, -0.2) is 0 Å². The Bertz CT molecular complexity index is 493. The Balaban J connectivity index is 1.34. The van der Waals surface area contributed by atoms with E-state index in [-0.39, 0.29) is 11.8 Å². The average Bonchev–Trinajstić information content (AvgIpc) is 2.91. The number of ether oxygens (including phenoxy) is 2. The van der Waals surface area contributed by atoms with Crippen LogP contribution in [0.2, 0.25) is 0 Å². The van der Waals surface area contributed by atoms with Crippen LogP contribution < -0.4 is 0 Å². The van der Waals surface area contributed by atoms with Gasteiger partial charge in [0.1, 0.15) is 0 Å². The van der Waals surface area contributed by atoms with E-state index < -0.39 is 0 Å². The standard InChI is InChI=1S/C15H23N3O4/c1-11(19)18-8-13(9-18)15-16-14(17-22-15)4-7-21-10-12-2-5-20-6-3-12/h12-13H,2-10H2,1H3. The third-order valence-electron chi connectivity index (χ3n) is 4.32. The summed E-state index contributed by atoms with van der Waals surface area (Å²) >= 11 is 0. The van der Waals surface area contributed by atoms with Crippen LogP contribution in [-0.4, -0.2) is 60.5 Å². The van der Waals surface area contributed by atoms with Gasteiger partial charge in [-0.2, -0.15) is 4.98 Å². The topological polar surface area (TPSA) is 77.7 Å². The fourth-order valence-electron chi connectivity index (χ4n) is 2.75. The maximum atomic E-state index is 11.1. The van der Waals surface area contributed by atoms with Crippen molar-refractivity contribution in [1.82, 2.24) is 15.0 Å². The highest BCUT2D eigenvalue weighted by atomic mass is 16.5. The molecule has 3 rings (SSSR count). The van der Waals surface area contributed by atoms with Crippen LogP contribution in [0.5, 0.6) is 0 Å². The first-order valence-electron chi connectivity index (χ1n) is 7.96. The third kappa shape index (κ3) is 3.84. The molecule has 0 N–H and O–H groups in total. The minimum absolute atomic E-state index is 0.0949. The van der Waals surface area contributed by atoms with Crippen molar-refractivity contribution in [3.8, 4) is 0 Å². The summed E-state index contributed by atoms with van der Waals surface area (Å²) < 4.78 is 16.3. The molecule has 122 valence electrons. The molecule has 2 aliphatic rings. The van der Waals surface area contributed by atoms with Crippen LogP contribution in [0.3, 0.4) is 0 Å². The summed E-state index contributed by atoms with van der Waals surface area (Å²) in [6, 6.07) is 0. The molecule has 0 aromatic carbocycles. The highest BCUT2D eigenvalue weighted by Crippen LogP contribution is 2.25. The van der Waals surface area contributed by atoms with E-state index in [1.807, 2.05) is 0 Å². The fourth-order valence-corrected chi connectivity index (χ4v) is 2.75. The van der Waals surface area contributed by atoms with Gasteiger partial charge in [0, 0.05) is 46.3 Å². The Hall–Kier alpha value is -1.47. The summed E-state index contributed by atoms with van der Waals surface area (Å²) in [5.41, 5.74) is 0. The molecule has 2 aliphatic heterocycles. The third-order valence-corrected chi connectivity index (χ3v) is 4.32. The molecule has 0 spiro atoms. The highest BCUT2D eigenvalue weighted by molar-refractivity contribution is 5.74. The molecule has 2 fully saturated rings. The lowest BCUT2D eigenvalue weighted by atomic mass is 10.0. The molecule has 0 aliphatic carbocycles. The monoisotopic (exact) mass is 309 g/mol. The van der Waals surface area contributed by atoms with E-state index in [0.29, 0.717) is 43.8 Å². The SMILES string of the molecule is CC(=O)N1CC(c2nc(CCOCC3CCOCC3)no2)C1. The molecule has 1 aromatic heterocycles. The highest BCUT2D eigenvalue weighted by Gasteiger charge is 2.33. The van der Waals surface area contributed by atoms with Crippen molar-refractivity contribution in [2.75, 3.05) is 39.5 Å². The second-order valence-electron chi connectivity index (χ2n) is 6.05. The summed E-state index contributed by atoms with van der Waals surface area (Å²) in [7, 11) is 0. The Morgan fingerprint density at radius 2 is 2.14 bits per heavy atom. The first kappa shape index (κ1) is 15.4. The van der Waals surface area contributed by atoms with E-state index in [0.717, 1.165) is 32.7 Å². The summed E-state index contributed by atoms with van der Waals surface area (Å²) in [6.07, 6.45) is 2.83. The quantitative estimate of drug-likeness (QED) is 0.730. The van der Waals surface area contributed by atoms with Crippen LogP contribution >= 0.6 is 0 Å². The van der Waals surface area contributed by atoms with Crippen molar-refractivity contribution in [1.29, 1.82) is 0 Å². The molecule has 1 amide bonds. The maximum absolute atomic E-state index is 11.1. The molecule has 22 heavy (non-hydrogen) atoms. The second-order valence-corrected chi connectivity index (χ2v) is 6.05. The predicted octanol–water partition coefficient (Wildman–Crippen LogP) is 1.00. The molecule has 0 radical (unpaired) electrons. The van der Waals surface area contributed by atoms with E-state index in [9.17, 15) is 4.79 Å². The first-order valence-corrected chi connectivity index (χ1v) is 7.96. The van der Waals surface area contributed by atoms with Gasteiger partial charge in [0.05, 0.1) is 12.5 Å². The van der Waals surface area contributed by atoms with Crippen LogP contribution in [-0.2, 0) is 20.7 Å². The predicted molar refractivity (Wildman–Crippen MR) is 77.4 cm³/mol. The Morgan fingerprint density at radius 1 is 1.36 bits per heavy atom. The molecule has 3 heterocycles. The van der Waals surface area contributed by atoms with Gasteiger partial charge in [0.25, 0.3) is 0 Å². The Morgan fingerprint density at radius 3 is 2.86 bits per heavy atom. The summed E-state index contributed by atoms with van der Waals surface area (Å²) in [4.78, 5) is 17.3. The first-order chi connectivity index (χ1) is 10.7. The van der Waals surface area contributed by atoms with Gasteiger partial charge in [-0.3, -0.25) is 4.79 Å². The van der Waals surface area contributed by atoms with Gasteiger partial charge in [0.2, 0.25) is 11.8 Å². The molecule has 0 bridgehead atoms. The Labute approximate surface area is 129 Å². The van der Waals surface area contributed by atoms with E-state index >= 15 is 0 Å². The minimum Gasteiger partial charge on any atom is -0.381 e. The summed E-state index contributed by atoms with van der Waals surface area (Å²) in [6.45, 7) is 6.02. The van der Waals surface area contributed by atoms with Crippen LogP contribution in [0.15, 0.2) is 4.52 Å². The number of amides is 1. The van der Waals surface area contributed by atoms with Gasteiger partial charge in [0.15, 0.2) is 5.82 Å². The molecule has 0 atom stereocenters. The van der Waals surface area contributed by atoms with Crippen LogP contribution in [0.4, 0.5) is 0 Å². The largest absolute Gasteiger partial charge is 0.381 e. The second kappa shape index (κ2) is 7.19. The van der Waals surface area contributed by atoms with Crippen LogP contribution in [0.1, 0.15) is 37.4 Å². The Kier molecular flexibility index (Phi) is 5.04. The number of hydrogen-bond acceptors (Lipinski definition) is 6. The number of likely N-dealkylation sites (tertiary alicyclic amines) is 1. The van der Waals surface area contributed by atoms with Gasteiger partial charge in [-0.05, 0) is 18.8 Å². The zero-order chi connectivity index (χ0) is 15.4. The van der Waals surface area contributed by atoms with E-state index in [1.165, 1.54) is 0 Å². The van der Waals surface area contributed by atoms with Crippen molar-refractivity contribution in [3.05, 3.63) is 11.7 Å². The summed E-state index contributed by atoms with van der Waals surface area (Å²) in [5, 5.41) is 3.98. The molecule has 1 aromatic rings. The number of carbonyl (C=O) groups excluding carboxylic acids is 1. The van der Waals surface area contributed by atoms with E-state index in [2.05, 4.69) is 10.1 Å². The van der Waals surface area contributed by atoms with Gasteiger partial charge >= 0.3 is 0 Å². The minimum atomic E-state index is 0.0949. The van der Waals surface area contributed by atoms with Crippen LogP contribution in [0.25, 0.3) is 0 Å². The molecular weight excluding hydrogens is 286 g/mol. The van der Waals surface area contributed by atoms with E-state index in [1.54, 1.807) is 11.8 Å². The molecule has 7 nitrogen and oxygen atoms in total. The number of carbonyl (C=O) groups is 1. The fraction of sp³-hybridized carbons (Fsp3) is 0.800. The number of aromatic nitrogens is 2. The molecule has 0 unspecified atom stereocenters. The van der Waals surface area contributed by atoms with Crippen LogP contribution in [0, 0.1) is 5.92 Å². The van der Waals surface area contributed by atoms with Crippen molar-refractivity contribution in [3.63, 3.8) is 0 Å². The van der Waals surface area contributed by atoms with E-state index in [4.69, 9.17) is 14.0 Å². The van der Waals surface area contributed by atoms with Gasteiger partial charge < -0.3 is 18.9 Å². The lowest BCUT2D eigenvalue weighted by Gasteiger charge is -2.36. The van der Waals surface area contributed by atoms with Crippen molar-refractivity contribution >= 4 is 5.91 Å². The number of rotatable bonds is 6. The number of nitrogens with zero attached hydrogens (tertiary/aromatic N) is 3. The number of hydrogen-bond donors (Lipinski definition) is 0. The normalized spacial score (nSPS) is 20.1. The van der Waals surface area contributed by atoms with Crippen molar-refractivity contribution in [2.24, 2.45) is 5.92 Å². The van der Waals surface area contributed by atoms with Gasteiger partial charge in [-0.15, -0.1) is 0 Å². The lowest BCUT2D eigenvalue weighted by molar-refractivity contribution is -0.133. The van der Waals surface area contributed by atoms with Crippen molar-refractivity contribution < 1.29 is 18.8 Å². The zero-order valence-corrected chi connectivity index (χ0v) is 13.0. The summed E-state index contributed by atoms with van der Waals surface area (Å²) in [5.74, 6) is 2.22. The maximum Gasteiger partial charge on any atom is 0.233 e. The molecule has 0 saturated carbocycles. The zero-order valence-electron chi connectivity index (χ0n) is 13.0. The smallest absolute Gasteiger partial charge is 0.233 e. The van der Waals surface area contributed by atoms with Gasteiger partial charge in [-0.1, -0.05) is 5.16 Å². The molecule has 7 heteroatoms. The lowest BCUT2D eigenvalue weighted by Crippen LogP contribution is -2.47. The molecule has 2 saturated heterocycles.